The van der Waals surface area contributed by atoms with Gasteiger partial charge < -0.3 is 4.90 Å². The number of nitrogens with zero attached hydrogens (tertiary/aromatic N) is 2. The average molecular weight is 309 g/mol. The van der Waals surface area contributed by atoms with E-state index < -0.39 is 0 Å². The molecule has 2 nitrogen and oxygen atoms in total. The topological polar surface area (TPSA) is 16.1 Å². The Morgan fingerprint density at radius 2 is 2.00 bits per heavy atom. The minimum atomic E-state index is -0.304. The van der Waals surface area contributed by atoms with Gasteiger partial charge in [0.05, 0.1) is 0 Å². The van der Waals surface area contributed by atoms with Crippen molar-refractivity contribution in [1.82, 2.24) is 4.98 Å². The highest BCUT2D eigenvalue weighted by Gasteiger charge is 2.12. The van der Waals surface area contributed by atoms with Crippen molar-refractivity contribution in [2.24, 2.45) is 0 Å². The summed E-state index contributed by atoms with van der Waals surface area (Å²) in [7, 11) is 0. The van der Waals surface area contributed by atoms with Crippen molar-refractivity contribution in [2.75, 3.05) is 11.4 Å². The number of anilines is 1. The quantitative estimate of drug-likeness (QED) is 0.848. The first-order chi connectivity index (χ1) is 8.70. The molecule has 0 unspecified atom stereocenters. The Kier molecular flexibility index (Phi) is 4.31. The Hall–Kier alpha value is -1.42. The first kappa shape index (κ1) is 13.0. The van der Waals surface area contributed by atoms with Gasteiger partial charge >= 0.3 is 0 Å². The zero-order valence-corrected chi connectivity index (χ0v) is 11.7. The molecular weight excluding hydrogens is 295 g/mol. The van der Waals surface area contributed by atoms with Crippen LogP contribution in [0.1, 0.15) is 12.5 Å². The van der Waals surface area contributed by atoms with Gasteiger partial charge in [0.15, 0.2) is 11.6 Å². The van der Waals surface area contributed by atoms with Crippen molar-refractivity contribution >= 4 is 21.7 Å². The summed E-state index contributed by atoms with van der Waals surface area (Å²) in [5.74, 6) is 0.0895. The minimum Gasteiger partial charge on any atom is -0.350 e. The van der Waals surface area contributed by atoms with Crippen LogP contribution < -0.4 is 4.90 Å². The molecule has 0 atom stereocenters. The molecule has 0 amide bonds. The van der Waals surface area contributed by atoms with E-state index in [1.54, 1.807) is 6.20 Å². The summed E-state index contributed by atoms with van der Waals surface area (Å²) in [6, 6.07) is 11.4. The summed E-state index contributed by atoms with van der Waals surface area (Å²) >= 11 is 3.21. The van der Waals surface area contributed by atoms with Crippen LogP contribution >= 0.6 is 15.9 Å². The van der Waals surface area contributed by atoms with Crippen molar-refractivity contribution in [1.29, 1.82) is 0 Å². The van der Waals surface area contributed by atoms with Gasteiger partial charge in [0.1, 0.15) is 0 Å². The molecule has 0 N–H and O–H groups in total. The van der Waals surface area contributed by atoms with E-state index in [0.717, 1.165) is 5.56 Å². The van der Waals surface area contributed by atoms with Crippen LogP contribution in [0.5, 0.6) is 0 Å². The SMILES string of the molecule is CCN(Cc1ccccc1)c1ncc(Br)cc1F. The van der Waals surface area contributed by atoms with E-state index in [9.17, 15) is 4.39 Å². The van der Waals surface area contributed by atoms with Crippen LogP contribution in [-0.2, 0) is 6.54 Å². The van der Waals surface area contributed by atoms with Gasteiger partial charge in [-0.2, -0.15) is 0 Å². The molecule has 18 heavy (non-hydrogen) atoms. The molecule has 0 aliphatic carbocycles. The number of pyridine rings is 1. The maximum absolute atomic E-state index is 13.9. The third-order valence-electron chi connectivity index (χ3n) is 2.69. The number of aromatic nitrogens is 1. The summed E-state index contributed by atoms with van der Waals surface area (Å²) in [5.41, 5.74) is 1.14. The first-order valence-electron chi connectivity index (χ1n) is 5.80. The highest BCUT2D eigenvalue weighted by atomic mass is 79.9. The lowest BCUT2D eigenvalue weighted by Gasteiger charge is -2.22. The zero-order chi connectivity index (χ0) is 13.0. The second kappa shape index (κ2) is 5.96. The van der Waals surface area contributed by atoms with E-state index in [1.165, 1.54) is 6.07 Å². The summed E-state index contributed by atoms with van der Waals surface area (Å²) in [4.78, 5) is 6.06. The van der Waals surface area contributed by atoms with Gasteiger partial charge in [-0.05, 0) is 34.5 Å². The van der Waals surface area contributed by atoms with Crippen molar-refractivity contribution < 1.29 is 4.39 Å². The largest absolute Gasteiger partial charge is 0.350 e. The molecule has 0 aliphatic rings. The van der Waals surface area contributed by atoms with E-state index in [-0.39, 0.29) is 5.82 Å². The fourth-order valence-electron chi connectivity index (χ4n) is 1.78. The molecule has 2 rings (SSSR count). The molecule has 94 valence electrons. The molecule has 0 spiro atoms. The van der Waals surface area contributed by atoms with E-state index in [4.69, 9.17) is 0 Å². The molecule has 0 bridgehead atoms. The fourth-order valence-corrected chi connectivity index (χ4v) is 2.08. The third kappa shape index (κ3) is 3.07. The van der Waals surface area contributed by atoms with Crippen LogP contribution in [-0.4, -0.2) is 11.5 Å². The second-order valence-electron chi connectivity index (χ2n) is 3.96. The van der Waals surface area contributed by atoms with Gasteiger partial charge in [-0.3, -0.25) is 0 Å². The van der Waals surface area contributed by atoms with E-state index >= 15 is 0 Å². The molecule has 0 saturated heterocycles. The number of hydrogen-bond acceptors (Lipinski definition) is 2. The van der Waals surface area contributed by atoms with Crippen LogP contribution in [0, 0.1) is 5.82 Å². The average Bonchev–Trinajstić information content (AvgIpc) is 2.38. The lowest BCUT2D eigenvalue weighted by Crippen LogP contribution is -2.24. The van der Waals surface area contributed by atoms with Crippen molar-refractivity contribution in [3.63, 3.8) is 0 Å². The lowest BCUT2D eigenvalue weighted by molar-refractivity contribution is 0.608. The molecule has 2 aromatic rings. The van der Waals surface area contributed by atoms with Crippen molar-refractivity contribution in [2.45, 2.75) is 13.5 Å². The summed E-state index contributed by atoms with van der Waals surface area (Å²) in [5, 5.41) is 0. The Morgan fingerprint density at radius 3 is 2.61 bits per heavy atom. The molecule has 1 aromatic heterocycles. The summed E-state index contributed by atoms with van der Waals surface area (Å²) in [6.45, 7) is 3.36. The highest BCUT2D eigenvalue weighted by molar-refractivity contribution is 9.10. The molecule has 0 fully saturated rings. The van der Waals surface area contributed by atoms with Gasteiger partial charge in [0.25, 0.3) is 0 Å². The number of rotatable bonds is 4. The van der Waals surface area contributed by atoms with Crippen LogP contribution in [0.3, 0.4) is 0 Å². The van der Waals surface area contributed by atoms with Crippen LogP contribution in [0.25, 0.3) is 0 Å². The predicted molar refractivity (Wildman–Crippen MR) is 75.1 cm³/mol. The summed E-state index contributed by atoms with van der Waals surface area (Å²) < 4.78 is 14.5. The van der Waals surface area contributed by atoms with E-state index in [2.05, 4.69) is 20.9 Å². The lowest BCUT2D eigenvalue weighted by atomic mass is 10.2. The highest BCUT2D eigenvalue weighted by Crippen LogP contribution is 2.21. The van der Waals surface area contributed by atoms with E-state index in [1.807, 2.05) is 42.2 Å². The molecular formula is C14H14BrFN2. The predicted octanol–water partition coefficient (Wildman–Crippen LogP) is 4.01. The smallest absolute Gasteiger partial charge is 0.166 e. The Bertz CT molecular complexity index is 516. The van der Waals surface area contributed by atoms with Gasteiger partial charge in [0.2, 0.25) is 0 Å². The van der Waals surface area contributed by atoms with Gasteiger partial charge in [0, 0.05) is 23.8 Å². The monoisotopic (exact) mass is 308 g/mol. The Morgan fingerprint density at radius 1 is 1.28 bits per heavy atom. The van der Waals surface area contributed by atoms with Gasteiger partial charge in [-0.15, -0.1) is 0 Å². The molecule has 0 aliphatic heterocycles. The number of hydrogen-bond donors (Lipinski definition) is 0. The maximum atomic E-state index is 13.9. The van der Waals surface area contributed by atoms with Crippen LogP contribution in [0.2, 0.25) is 0 Å². The summed E-state index contributed by atoms with van der Waals surface area (Å²) in [6.07, 6.45) is 1.62. The van der Waals surface area contributed by atoms with Crippen LogP contribution in [0.4, 0.5) is 10.2 Å². The third-order valence-corrected chi connectivity index (χ3v) is 3.12. The van der Waals surface area contributed by atoms with E-state index in [0.29, 0.717) is 23.4 Å². The van der Waals surface area contributed by atoms with Gasteiger partial charge in [-0.1, -0.05) is 30.3 Å². The first-order valence-corrected chi connectivity index (χ1v) is 6.60. The normalized spacial score (nSPS) is 10.4. The van der Waals surface area contributed by atoms with Gasteiger partial charge in [-0.25, -0.2) is 9.37 Å². The maximum Gasteiger partial charge on any atom is 0.166 e. The number of halogens is 2. The molecule has 0 saturated carbocycles. The van der Waals surface area contributed by atoms with Crippen LogP contribution in [0.15, 0.2) is 47.1 Å². The Labute approximate surface area is 115 Å². The molecule has 4 heteroatoms. The standard InChI is InChI=1S/C14H14BrFN2/c1-2-18(10-11-6-4-3-5-7-11)14-13(16)8-12(15)9-17-14/h3-9H,2,10H2,1H3. The fraction of sp³-hybridized carbons (Fsp3) is 0.214. The second-order valence-corrected chi connectivity index (χ2v) is 4.87. The Balaban J connectivity index is 2.23. The van der Waals surface area contributed by atoms with Crippen molar-refractivity contribution in [3.8, 4) is 0 Å². The zero-order valence-electron chi connectivity index (χ0n) is 10.1. The molecule has 1 heterocycles. The molecule has 1 aromatic carbocycles. The molecule has 0 radical (unpaired) electrons. The number of benzene rings is 1. The van der Waals surface area contributed by atoms with Crippen molar-refractivity contribution in [3.05, 3.63) is 58.4 Å². The minimum absolute atomic E-state index is 0.304.